The van der Waals surface area contributed by atoms with Crippen molar-refractivity contribution in [2.24, 2.45) is 0 Å². The van der Waals surface area contributed by atoms with Crippen LogP contribution >= 0.6 is 11.8 Å². The number of nitro benzene ring substituents is 1. The van der Waals surface area contributed by atoms with Crippen molar-refractivity contribution in [3.63, 3.8) is 0 Å². The number of nitro groups is 1. The minimum Gasteiger partial charge on any atom is -0.363 e. The Kier molecular flexibility index (Phi) is 7.36. The lowest BCUT2D eigenvalue weighted by Gasteiger charge is -2.38. The number of carbonyl (C=O) groups excluding carboxylic acids is 2. The van der Waals surface area contributed by atoms with Crippen LogP contribution < -0.4 is 14.7 Å². The van der Waals surface area contributed by atoms with Crippen molar-refractivity contribution in [1.29, 1.82) is 0 Å². The monoisotopic (exact) mass is 625 g/mol. The maximum absolute atomic E-state index is 14.5. The van der Waals surface area contributed by atoms with Crippen LogP contribution in [-0.2, 0) is 20.6 Å². The average Bonchev–Trinajstić information content (AvgIpc) is 3.37. The van der Waals surface area contributed by atoms with Gasteiger partial charge in [0.05, 0.1) is 28.1 Å². The van der Waals surface area contributed by atoms with E-state index in [1.165, 1.54) is 11.8 Å². The normalized spacial score (nSPS) is 22.3. The first-order valence-corrected chi connectivity index (χ1v) is 15.0. The Morgan fingerprint density at radius 3 is 2.25 bits per heavy atom. The molecule has 3 aromatic carbocycles. The van der Waals surface area contributed by atoms with Crippen LogP contribution in [0.25, 0.3) is 0 Å². The second-order valence-electron chi connectivity index (χ2n) is 11.4. The SMILES string of the molecule is Cc1cc(C)cc(N2C(=O)C(C)SC23C(=O)N(CN2CCN(c4ccc(C(F)(F)F)cc4[N+](=O)[O-])CC2)c2ccccc23)c1. The molecule has 0 aromatic heterocycles. The van der Waals surface area contributed by atoms with Crippen LogP contribution in [0.3, 0.4) is 0 Å². The lowest BCUT2D eigenvalue weighted by atomic mass is 10.0. The van der Waals surface area contributed by atoms with Crippen LogP contribution in [-0.4, -0.2) is 59.7 Å². The summed E-state index contributed by atoms with van der Waals surface area (Å²) in [7, 11) is 0. The molecule has 1 spiro atoms. The van der Waals surface area contributed by atoms with Crippen molar-refractivity contribution in [3.05, 3.63) is 93.0 Å². The number of hydrogen-bond acceptors (Lipinski definition) is 7. The molecule has 3 aromatic rings. The molecule has 2 unspecified atom stereocenters. The number of alkyl halides is 3. The van der Waals surface area contributed by atoms with Gasteiger partial charge >= 0.3 is 6.18 Å². The zero-order chi connectivity index (χ0) is 31.6. The number of rotatable bonds is 5. The van der Waals surface area contributed by atoms with E-state index in [4.69, 9.17) is 0 Å². The summed E-state index contributed by atoms with van der Waals surface area (Å²) in [4.78, 5) is 44.9. The molecule has 2 fully saturated rings. The molecule has 0 aliphatic carbocycles. The van der Waals surface area contributed by atoms with E-state index in [1.807, 2.05) is 68.1 Å². The molecule has 2 amide bonds. The van der Waals surface area contributed by atoms with E-state index in [0.29, 0.717) is 43.6 Å². The van der Waals surface area contributed by atoms with Gasteiger partial charge in [0.2, 0.25) is 10.8 Å². The molecule has 3 aliphatic rings. The Balaban J connectivity index is 1.27. The van der Waals surface area contributed by atoms with Gasteiger partial charge in [-0.05, 0) is 62.2 Å². The number of benzene rings is 3. The fourth-order valence-electron chi connectivity index (χ4n) is 6.40. The highest BCUT2D eigenvalue weighted by Gasteiger charge is 2.63. The summed E-state index contributed by atoms with van der Waals surface area (Å²) in [6.45, 7) is 7.42. The van der Waals surface area contributed by atoms with Crippen molar-refractivity contribution in [3.8, 4) is 0 Å². The molecule has 2 atom stereocenters. The number of halogens is 3. The number of aryl methyl sites for hydroxylation is 2. The molecular weight excluding hydrogens is 595 g/mol. The van der Waals surface area contributed by atoms with Gasteiger partial charge in [-0.2, -0.15) is 13.2 Å². The lowest BCUT2D eigenvalue weighted by molar-refractivity contribution is -0.384. The third-order valence-corrected chi connectivity index (χ3v) is 9.82. The van der Waals surface area contributed by atoms with Gasteiger partial charge in [0.1, 0.15) is 5.69 Å². The number of hydrogen-bond donors (Lipinski definition) is 0. The minimum absolute atomic E-state index is 0.128. The number of fused-ring (bicyclic) bond motifs is 2. The van der Waals surface area contributed by atoms with Crippen LogP contribution in [0.15, 0.2) is 60.7 Å². The smallest absolute Gasteiger partial charge is 0.363 e. The second-order valence-corrected chi connectivity index (χ2v) is 12.9. The van der Waals surface area contributed by atoms with Gasteiger partial charge < -0.3 is 4.90 Å². The van der Waals surface area contributed by atoms with E-state index in [-0.39, 0.29) is 24.2 Å². The summed E-state index contributed by atoms with van der Waals surface area (Å²) in [5.41, 5.74) is 2.54. The average molecular weight is 626 g/mol. The van der Waals surface area contributed by atoms with Crippen LogP contribution in [0.4, 0.5) is 35.9 Å². The molecule has 230 valence electrons. The third-order valence-electron chi connectivity index (χ3n) is 8.34. The highest BCUT2D eigenvalue weighted by atomic mass is 32.2. The van der Waals surface area contributed by atoms with Crippen molar-refractivity contribution < 1.29 is 27.7 Å². The summed E-state index contributed by atoms with van der Waals surface area (Å²) in [5.74, 6) is -0.363. The van der Waals surface area contributed by atoms with Crippen molar-refractivity contribution >= 4 is 46.3 Å². The molecule has 13 heteroatoms. The first kappa shape index (κ1) is 29.9. The van der Waals surface area contributed by atoms with Crippen LogP contribution in [0.5, 0.6) is 0 Å². The minimum atomic E-state index is -4.69. The maximum atomic E-state index is 14.5. The van der Waals surface area contributed by atoms with Gasteiger partial charge in [-0.25, -0.2) is 0 Å². The summed E-state index contributed by atoms with van der Waals surface area (Å²) in [6, 6.07) is 15.9. The number of nitrogens with zero attached hydrogens (tertiary/aromatic N) is 5. The number of carbonyl (C=O) groups is 2. The molecule has 9 nitrogen and oxygen atoms in total. The second kappa shape index (κ2) is 10.8. The molecule has 0 N–H and O–H groups in total. The van der Waals surface area contributed by atoms with E-state index >= 15 is 0 Å². The number of amides is 2. The largest absolute Gasteiger partial charge is 0.416 e. The number of para-hydroxylation sites is 1. The van der Waals surface area contributed by atoms with Gasteiger partial charge in [0, 0.05) is 43.5 Å². The fourth-order valence-corrected chi connectivity index (χ4v) is 7.93. The molecule has 2 saturated heterocycles. The number of anilines is 3. The van der Waals surface area contributed by atoms with E-state index in [2.05, 4.69) is 0 Å². The topological polar surface area (TPSA) is 90.2 Å². The molecule has 44 heavy (non-hydrogen) atoms. The summed E-state index contributed by atoms with van der Waals surface area (Å²) < 4.78 is 39.6. The summed E-state index contributed by atoms with van der Waals surface area (Å²) in [6.07, 6.45) is -4.69. The summed E-state index contributed by atoms with van der Waals surface area (Å²) in [5, 5.41) is 11.2. The highest BCUT2D eigenvalue weighted by molar-refractivity contribution is 8.03. The lowest BCUT2D eigenvalue weighted by Crippen LogP contribution is -2.54. The molecule has 0 bridgehead atoms. The van der Waals surface area contributed by atoms with Gasteiger partial charge in [0.25, 0.3) is 11.6 Å². The van der Waals surface area contributed by atoms with Crippen LogP contribution in [0.2, 0.25) is 0 Å². The molecule has 3 aliphatic heterocycles. The third kappa shape index (κ3) is 4.87. The van der Waals surface area contributed by atoms with Crippen molar-refractivity contribution in [2.45, 2.75) is 37.1 Å². The Bertz CT molecular complexity index is 1660. The van der Waals surface area contributed by atoms with Crippen molar-refractivity contribution in [2.75, 3.05) is 47.5 Å². The molecule has 6 rings (SSSR count). The summed E-state index contributed by atoms with van der Waals surface area (Å²) >= 11 is 1.33. The fraction of sp³-hybridized carbons (Fsp3) is 0.355. The highest BCUT2D eigenvalue weighted by Crippen LogP contribution is 2.58. The van der Waals surface area contributed by atoms with E-state index in [9.17, 15) is 32.9 Å². The predicted octanol–water partition coefficient (Wildman–Crippen LogP) is 5.68. The van der Waals surface area contributed by atoms with Crippen LogP contribution in [0.1, 0.15) is 29.2 Å². The molecule has 0 radical (unpaired) electrons. The zero-order valence-electron chi connectivity index (χ0n) is 24.3. The first-order valence-electron chi connectivity index (χ1n) is 14.2. The number of thioether (sulfide) groups is 1. The van der Waals surface area contributed by atoms with Gasteiger partial charge in [-0.1, -0.05) is 24.3 Å². The van der Waals surface area contributed by atoms with Crippen LogP contribution in [0, 0.1) is 24.0 Å². The van der Waals surface area contributed by atoms with Gasteiger partial charge in [-0.3, -0.25) is 34.4 Å². The Morgan fingerprint density at radius 2 is 1.61 bits per heavy atom. The molecule has 0 saturated carbocycles. The molecular formula is C31H30F3N5O4S. The Morgan fingerprint density at radius 1 is 0.955 bits per heavy atom. The van der Waals surface area contributed by atoms with Crippen molar-refractivity contribution in [1.82, 2.24) is 4.90 Å². The standard InChI is InChI=1S/C31H30F3N5O4S/c1-19-14-20(2)16-23(15-19)38-28(40)21(3)44-30(38)24-6-4-5-7-25(24)37(29(30)41)18-35-10-12-36(13-11-35)26-9-8-22(31(32,33)34)17-27(26)39(42)43/h4-9,14-17,21H,10-13,18H2,1-3H3. The zero-order valence-corrected chi connectivity index (χ0v) is 25.1. The Hall–Kier alpha value is -4.10. The first-order chi connectivity index (χ1) is 20.8. The maximum Gasteiger partial charge on any atom is 0.416 e. The van der Waals surface area contributed by atoms with E-state index in [0.717, 1.165) is 28.8 Å². The predicted molar refractivity (Wildman–Crippen MR) is 163 cm³/mol. The van der Waals surface area contributed by atoms with E-state index in [1.54, 1.807) is 14.7 Å². The molecule has 3 heterocycles. The van der Waals surface area contributed by atoms with E-state index < -0.39 is 32.5 Å². The van der Waals surface area contributed by atoms with Gasteiger partial charge in [-0.15, -0.1) is 11.8 Å². The Labute approximate surface area is 256 Å². The number of piperazine rings is 1. The quantitative estimate of drug-likeness (QED) is 0.266. The van der Waals surface area contributed by atoms with Gasteiger partial charge in [0.15, 0.2) is 0 Å².